The molecule has 4 N–H and O–H groups in total. The van der Waals surface area contributed by atoms with Crippen molar-refractivity contribution in [2.45, 2.75) is 24.4 Å². The highest BCUT2D eigenvalue weighted by Gasteiger charge is 2.62. The van der Waals surface area contributed by atoms with Crippen LogP contribution in [0.5, 0.6) is 0 Å². The molecule has 62 valence electrons. The second-order valence-corrected chi connectivity index (χ2v) is 3.55. The molecule has 0 aromatic heterocycles. The maximum atomic E-state index is 10.7. The Morgan fingerprint density at radius 2 is 2.45 bits per heavy atom. The van der Waals surface area contributed by atoms with Crippen molar-refractivity contribution in [1.82, 2.24) is 5.32 Å². The lowest BCUT2D eigenvalue weighted by Crippen LogP contribution is -2.51. The number of nitrogens with two attached hydrogens (primary N) is 1. The van der Waals surface area contributed by atoms with E-state index in [0.717, 1.165) is 12.8 Å². The molecule has 0 aromatic carbocycles. The molecule has 0 aromatic rings. The van der Waals surface area contributed by atoms with Crippen LogP contribution in [0.3, 0.4) is 0 Å². The van der Waals surface area contributed by atoms with Gasteiger partial charge in [0.25, 0.3) is 0 Å². The quantitative estimate of drug-likeness (QED) is 0.462. The number of hydrogen-bond donors (Lipinski definition) is 3. The smallest absolute Gasteiger partial charge is 0.324 e. The van der Waals surface area contributed by atoms with E-state index in [9.17, 15) is 4.79 Å². The van der Waals surface area contributed by atoms with Gasteiger partial charge in [-0.25, -0.2) is 0 Å². The summed E-state index contributed by atoms with van der Waals surface area (Å²) in [6, 6.07) is 0.148. The Morgan fingerprint density at radius 1 is 1.73 bits per heavy atom. The van der Waals surface area contributed by atoms with Crippen LogP contribution in [-0.4, -0.2) is 29.2 Å². The zero-order valence-corrected chi connectivity index (χ0v) is 6.21. The molecule has 1 aliphatic carbocycles. The fourth-order valence-electron chi connectivity index (χ4n) is 1.93. The zero-order valence-electron chi connectivity index (χ0n) is 6.21. The van der Waals surface area contributed by atoms with E-state index in [1.165, 1.54) is 0 Å². The molecule has 1 saturated carbocycles. The van der Waals surface area contributed by atoms with Crippen molar-refractivity contribution in [2.75, 3.05) is 6.54 Å². The monoisotopic (exact) mass is 156 g/mol. The van der Waals surface area contributed by atoms with E-state index in [4.69, 9.17) is 10.8 Å². The molecule has 0 radical (unpaired) electrons. The topological polar surface area (TPSA) is 75.3 Å². The summed E-state index contributed by atoms with van der Waals surface area (Å²) in [6.07, 6.45) is 1.62. The molecule has 4 heteroatoms. The van der Waals surface area contributed by atoms with Crippen molar-refractivity contribution >= 4 is 5.97 Å². The van der Waals surface area contributed by atoms with Crippen LogP contribution in [0.25, 0.3) is 0 Å². The predicted molar refractivity (Wildman–Crippen MR) is 39.1 cm³/mol. The van der Waals surface area contributed by atoms with E-state index in [2.05, 4.69) is 5.32 Å². The molecule has 0 spiro atoms. The number of carboxylic acid groups (broad SMARTS) is 1. The number of piperidine rings is 1. The number of aliphatic carboxylic acids is 1. The van der Waals surface area contributed by atoms with Crippen molar-refractivity contribution in [2.24, 2.45) is 11.7 Å². The Labute approximate surface area is 64.8 Å². The summed E-state index contributed by atoms with van der Waals surface area (Å²) >= 11 is 0. The van der Waals surface area contributed by atoms with Crippen molar-refractivity contribution in [3.63, 3.8) is 0 Å². The third-order valence-electron chi connectivity index (χ3n) is 2.75. The maximum Gasteiger partial charge on any atom is 0.324 e. The lowest BCUT2D eigenvalue weighted by atomic mass is 10.0. The van der Waals surface area contributed by atoms with Crippen LogP contribution in [0.1, 0.15) is 12.8 Å². The standard InChI is InChI=1S/C7H12N2O2/c8-5-1-4-2-7(4,6(10)11)9-3-5/h4-5,9H,1-3,8H2,(H,10,11). The minimum absolute atomic E-state index is 0.148. The van der Waals surface area contributed by atoms with Crippen molar-refractivity contribution in [3.05, 3.63) is 0 Å². The first kappa shape index (κ1) is 7.06. The summed E-state index contributed by atoms with van der Waals surface area (Å²) in [4.78, 5) is 10.7. The fourth-order valence-corrected chi connectivity index (χ4v) is 1.93. The van der Waals surface area contributed by atoms with Gasteiger partial charge in [-0.05, 0) is 18.8 Å². The largest absolute Gasteiger partial charge is 0.480 e. The molecule has 1 saturated heterocycles. The summed E-state index contributed by atoms with van der Waals surface area (Å²) in [6.45, 7) is 0.642. The number of nitrogens with one attached hydrogen (secondary N) is 1. The summed E-state index contributed by atoms with van der Waals surface area (Å²) in [5, 5.41) is 11.8. The molecule has 11 heavy (non-hydrogen) atoms. The van der Waals surface area contributed by atoms with E-state index in [-0.39, 0.29) is 12.0 Å². The highest BCUT2D eigenvalue weighted by atomic mass is 16.4. The van der Waals surface area contributed by atoms with Crippen molar-refractivity contribution < 1.29 is 9.90 Å². The van der Waals surface area contributed by atoms with E-state index in [0.29, 0.717) is 6.54 Å². The van der Waals surface area contributed by atoms with E-state index in [1.54, 1.807) is 0 Å². The number of rotatable bonds is 1. The normalized spacial score (nSPS) is 48.1. The third-order valence-corrected chi connectivity index (χ3v) is 2.75. The molecule has 4 nitrogen and oxygen atoms in total. The molecule has 2 rings (SSSR count). The Kier molecular flexibility index (Phi) is 1.25. The highest BCUT2D eigenvalue weighted by molar-refractivity contribution is 5.83. The SMILES string of the molecule is NC1CNC2(C(=O)O)CC2C1. The molecule has 1 aliphatic heterocycles. The van der Waals surface area contributed by atoms with Crippen molar-refractivity contribution in [1.29, 1.82) is 0 Å². The highest BCUT2D eigenvalue weighted by Crippen LogP contribution is 2.48. The van der Waals surface area contributed by atoms with Gasteiger partial charge in [-0.1, -0.05) is 0 Å². The molecule has 2 fully saturated rings. The number of fused-ring (bicyclic) bond motifs is 1. The minimum Gasteiger partial charge on any atom is -0.480 e. The summed E-state index contributed by atoms with van der Waals surface area (Å²) in [7, 11) is 0. The van der Waals surface area contributed by atoms with Crippen LogP contribution in [0.2, 0.25) is 0 Å². The van der Waals surface area contributed by atoms with Crippen LogP contribution in [-0.2, 0) is 4.79 Å². The first-order chi connectivity index (χ1) is 5.15. The molecular formula is C7H12N2O2. The van der Waals surface area contributed by atoms with Gasteiger partial charge in [-0.15, -0.1) is 0 Å². The number of carboxylic acids is 1. The second-order valence-electron chi connectivity index (χ2n) is 3.55. The lowest BCUT2D eigenvalue weighted by molar-refractivity contribution is -0.141. The number of carbonyl (C=O) groups is 1. The second kappa shape index (κ2) is 1.95. The zero-order chi connectivity index (χ0) is 8.06. The molecule has 3 atom stereocenters. The molecule has 0 amide bonds. The van der Waals surface area contributed by atoms with Crippen LogP contribution in [0, 0.1) is 5.92 Å². The van der Waals surface area contributed by atoms with E-state index < -0.39 is 11.5 Å². The molecule has 0 bridgehead atoms. The minimum atomic E-state index is -0.714. The summed E-state index contributed by atoms with van der Waals surface area (Å²) in [5.41, 5.74) is 5.07. The first-order valence-electron chi connectivity index (χ1n) is 3.89. The Balaban J connectivity index is 2.08. The summed E-state index contributed by atoms with van der Waals surface area (Å²) in [5.74, 6) is -0.432. The fraction of sp³-hybridized carbons (Fsp3) is 0.857. The van der Waals surface area contributed by atoms with Gasteiger partial charge in [0.2, 0.25) is 0 Å². The maximum absolute atomic E-state index is 10.7. The van der Waals surface area contributed by atoms with E-state index in [1.807, 2.05) is 0 Å². The molecule has 3 unspecified atom stereocenters. The predicted octanol–water partition coefficient (Wildman–Crippen LogP) is -0.850. The van der Waals surface area contributed by atoms with Crippen LogP contribution >= 0.6 is 0 Å². The van der Waals surface area contributed by atoms with Gasteiger partial charge in [0, 0.05) is 12.6 Å². The molecule has 1 heterocycles. The van der Waals surface area contributed by atoms with Gasteiger partial charge in [-0.2, -0.15) is 0 Å². The first-order valence-corrected chi connectivity index (χ1v) is 3.89. The van der Waals surface area contributed by atoms with Gasteiger partial charge in [-0.3, -0.25) is 4.79 Å². The average Bonchev–Trinajstić information content (AvgIpc) is 2.62. The van der Waals surface area contributed by atoms with Crippen LogP contribution in [0.4, 0.5) is 0 Å². The van der Waals surface area contributed by atoms with Gasteiger partial charge in [0.15, 0.2) is 0 Å². The Bertz CT molecular complexity index is 207. The average molecular weight is 156 g/mol. The Morgan fingerprint density at radius 3 is 3.00 bits per heavy atom. The molecular weight excluding hydrogens is 144 g/mol. The van der Waals surface area contributed by atoms with Gasteiger partial charge in [0.05, 0.1) is 0 Å². The van der Waals surface area contributed by atoms with Gasteiger partial charge >= 0.3 is 5.97 Å². The summed E-state index contributed by atoms with van der Waals surface area (Å²) < 4.78 is 0. The van der Waals surface area contributed by atoms with Crippen molar-refractivity contribution in [3.8, 4) is 0 Å². The number of hydrogen-bond acceptors (Lipinski definition) is 3. The lowest BCUT2D eigenvalue weighted by Gasteiger charge is -2.24. The van der Waals surface area contributed by atoms with Gasteiger partial charge < -0.3 is 16.2 Å². The van der Waals surface area contributed by atoms with E-state index >= 15 is 0 Å². The Hall–Kier alpha value is -0.610. The van der Waals surface area contributed by atoms with Crippen LogP contribution in [0.15, 0.2) is 0 Å². The third kappa shape index (κ3) is 0.862. The van der Waals surface area contributed by atoms with Gasteiger partial charge in [0.1, 0.15) is 5.54 Å². The molecule has 2 aliphatic rings. The van der Waals surface area contributed by atoms with Crippen LogP contribution < -0.4 is 11.1 Å².